The lowest BCUT2D eigenvalue weighted by atomic mass is 10.0. The minimum absolute atomic E-state index is 0.0776. The molecule has 86 valence electrons. The number of ketones is 1. The summed E-state index contributed by atoms with van der Waals surface area (Å²) in [6.45, 7) is 1.97. The molecule has 3 nitrogen and oxygen atoms in total. The van der Waals surface area contributed by atoms with E-state index in [2.05, 4.69) is 0 Å². The van der Waals surface area contributed by atoms with Crippen molar-refractivity contribution >= 4 is 11.7 Å². The summed E-state index contributed by atoms with van der Waals surface area (Å²) in [5.41, 5.74) is 1.18. The average molecular weight is 219 g/mol. The van der Waals surface area contributed by atoms with E-state index < -0.39 is 0 Å². The van der Waals surface area contributed by atoms with Gasteiger partial charge in [-0.15, -0.1) is 0 Å². The molecule has 1 rings (SSSR count). The fraction of sp³-hybridized carbons (Fsp3) is 0.385. The Bertz CT molecular complexity index is 397. The predicted molar refractivity (Wildman–Crippen MR) is 63.7 cm³/mol. The number of carbonyl (C=O) groups excluding carboxylic acids is 2. The summed E-state index contributed by atoms with van der Waals surface area (Å²) >= 11 is 0. The fourth-order valence-corrected chi connectivity index (χ4v) is 1.46. The van der Waals surface area contributed by atoms with Gasteiger partial charge in [0.25, 0.3) is 5.91 Å². The highest BCUT2D eigenvalue weighted by molar-refractivity contribution is 6.00. The first kappa shape index (κ1) is 12.4. The molecule has 0 saturated carbocycles. The Labute approximate surface area is 96.1 Å². The van der Waals surface area contributed by atoms with Gasteiger partial charge in [-0.2, -0.15) is 0 Å². The zero-order valence-electron chi connectivity index (χ0n) is 9.99. The summed E-state index contributed by atoms with van der Waals surface area (Å²) < 4.78 is 0. The highest BCUT2D eigenvalue weighted by Crippen LogP contribution is 2.10. The molecule has 0 aliphatic carbocycles. The van der Waals surface area contributed by atoms with Crippen LogP contribution in [-0.4, -0.2) is 30.7 Å². The van der Waals surface area contributed by atoms with Gasteiger partial charge in [0.15, 0.2) is 5.78 Å². The maximum Gasteiger partial charge on any atom is 0.253 e. The summed E-state index contributed by atoms with van der Waals surface area (Å²) in [7, 11) is 3.39. The Morgan fingerprint density at radius 3 is 2.38 bits per heavy atom. The molecule has 3 heteroatoms. The van der Waals surface area contributed by atoms with Crippen LogP contribution in [0.1, 0.15) is 40.5 Å². The summed E-state index contributed by atoms with van der Waals surface area (Å²) in [5.74, 6) is 0.0158. The van der Waals surface area contributed by atoms with Crippen molar-refractivity contribution < 1.29 is 9.59 Å². The molecule has 0 unspecified atom stereocenters. The van der Waals surface area contributed by atoms with Crippen LogP contribution in [0.2, 0.25) is 0 Å². The quantitative estimate of drug-likeness (QED) is 0.729. The fourth-order valence-electron chi connectivity index (χ4n) is 1.46. The van der Waals surface area contributed by atoms with Crippen LogP contribution in [0.25, 0.3) is 0 Å². The van der Waals surface area contributed by atoms with Gasteiger partial charge < -0.3 is 4.90 Å². The predicted octanol–water partition coefficient (Wildman–Crippen LogP) is 2.37. The number of Topliss-reactive ketones (excluding diaryl/α,β-unsaturated/α-hetero) is 1. The summed E-state index contributed by atoms with van der Waals surface area (Å²) in [6, 6.07) is 6.90. The van der Waals surface area contributed by atoms with Crippen LogP contribution < -0.4 is 0 Å². The maximum absolute atomic E-state index is 11.7. The SMILES string of the molecule is CCCC(=O)c1cccc(C(=O)N(C)C)c1. The molecule has 1 aromatic rings. The molecule has 1 amide bonds. The Morgan fingerprint density at radius 2 is 1.81 bits per heavy atom. The molecule has 0 fully saturated rings. The normalized spacial score (nSPS) is 9.94. The topological polar surface area (TPSA) is 37.4 Å². The first-order valence-electron chi connectivity index (χ1n) is 5.41. The Kier molecular flexibility index (Phi) is 4.23. The van der Waals surface area contributed by atoms with E-state index in [0.717, 1.165) is 6.42 Å². The van der Waals surface area contributed by atoms with Crippen LogP contribution in [0.5, 0.6) is 0 Å². The minimum atomic E-state index is -0.0776. The average Bonchev–Trinajstić information content (AvgIpc) is 2.28. The lowest BCUT2D eigenvalue weighted by Gasteiger charge is -2.10. The van der Waals surface area contributed by atoms with Gasteiger partial charge in [-0.3, -0.25) is 9.59 Å². The molecule has 0 bridgehead atoms. The van der Waals surface area contributed by atoms with Crippen LogP contribution >= 0.6 is 0 Å². The Morgan fingerprint density at radius 1 is 1.19 bits per heavy atom. The van der Waals surface area contributed by atoms with E-state index in [-0.39, 0.29) is 11.7 Å². The van der Waals surface area contributed by atoms with E-state index >= 15 is 0 Å². The summed E-state index contributed by atoms with van der Waals surface area (Å²) in [5, 5.41) is 0. The van der Waals surface area contributed by atoms with E-state index in [1.807, 2.05) is 6.92 Å². The van der Waals surface area contributed by atoms with Gasteiger partial charge in [0.1, 0.15) is 0 Å². The summed E-state index contributed by atoms with van der Waals surface area (Å²) in [4.78, 5) is 24.9. The zero-order valence-corrected chi connectivity index (χ0v) is 9.99. The zero-order chi connectivity index (χ0) is 12.1. The molecule has 0 aliphatic rings. The van der Waals surface area contributed by atoms with E-state index in [9.17, 15) is 9.59 Å². The summed E-state index contributed by atoms with van der Waals surface area (Å²) in [6.07, 6.45) is 1.35. The van der Waals surface area contributed by atoms with Gasteiger partial charge in [0.05, 0.1) is 0 Å². The molecule has 16 heavy (non-hydrogen) atoms. The van der Waals surface area contributed by atoms with E-state index in [1.54, 1.807) is 38.4 Å². The van der Waals surface area contributed by atoms with Gasteiger partial charge in [-0.1, -0.05) is 19.1 Å². The molecular weight excluding hydrogens is 202 g/mol. The third kappa shape index (κ3) is 2.92. The first-order chi connectivity index (χ1) is 7.56. The molecular formula is C13H17NO2. The van der Waals surface area contributed by atoms with Crippen molar-refractivity contribution in [2.75, 3.05) is 14.1 Å². The lowest BCUT2D eigenvalue weighted by molar-refractivity contribution is 0.0827. The molecule has 0 saturated heterocycles. The van der Waals surface area contributed by atoms with Gasteiger partial charge in [0.2, 0.25) is 0 Å². The lowest BCUT2D eigenvalue weighted by Crippen LogP contribution is -2.21. The maximum atomic E-state index is 11.7. The van der Waals surface area contributed by atoms with E-state index in [4.69, 9.17) is 0 Å². The van der Waals surface area contributed by atoms with Gasteiger partial charge in [-0.25, -0.2) is 0 Å². The van der Waals surface area contributed by atoms with Gasteiger partial charge in [0, 0.05) is 31.6 Å². The van der Waals surface area contributed by atoms with Gasteiger partial charge in [-0.05, 0) is 18.6 Å². The van der Waals surface area contributed by atoms with Crippen LogP contribution in [-0.2, 0) is 0 Å². The van der Waals surface area contributed by atoms with Gasteiger partial charge >= 0.3 is 0 Å². The van der Waals surface area contributed by atoms with Crippen molar-refractivity contribution in [2.24, 2.45) is 0 Å². The molecule has 0 spiro atoms. The van der Waals surface area contributed by atoms with Crippen LogP contribution in [0.15, 0.2) is 24.3 Å². The number of carbonyl (C=O) groups is 2. The monoisotopic (exact) mass is 219 g/mol. The molecule has 0 aliphatic heterocycles. The van der Waals surface area contributed by atoms with Crippen molar-refractivity contribution in [3.05, 3.63) is 35.4 Å². The number of nitrogens with zero attached hydrogens (tertiary/aromatic N) is 1. The van der Waals surface area contributed by atoms with E-state index in [0.29, 0.717) is 17.5 Å². The standard InChI is InChI=1S/C13H17NO2/c1-4-6-12(15)10-7-5-8-11(9-10)13(16)14(2)3/h5,7-9H,4,6H2,1-3H3. The molecule has 0 N–H and O–H groups in total. The third-order valence-electron chi connectivity index (χ3n) is 2.31. The van der Waals surface area contributed by atoms with Crippen LogP contribution in [0, 0.1) is 0 Å². The van der Waals surface area contributed by atoms with E-state index in [1.165, 1.54) is 4.90 Å². The Hall–Kier alpha value is -1.64. The van der Waals surface area contributed by atoms with Crippen molar-refractivity contribution in [1.29, 1.82) is 0 Å². The van der Waals surface area contributed by atoms with Crippen molar-refractivity contribution in [3.8, 4) is 0 Å². The van der Waals surface area contributed by atoms with Crippen LogP contribution in [0.4, 0.5) is 0 Å². The number of amides is 1. The molecule has 1 aromatic carbocycles. The number of rotatable bonds is 4. The van der Waals surface area contributed by atoms with Crippen molar-refractivity contribution in [3.63, 3.8) is 0 Å². The second kappa shape index (κ2) is 5.45. The first-order valence-corrected chi connectivity index (χ1v) is 5.41. The Balaban J connectivity index is 2.95. The second-order valence-electron chi connectivity index (χ2n) is 3.95. The molecule has 0 radical (unpaired) electrons. The molecule has 0 atom stereocenters. The highest BCUT2D eigenvalue weighted by Gasteiger charge is 2.10. The van der Waals surface area contributed by atoms with Crippen LogP contribution in [0.3, 0.4) is 0 Å². The smallest absolute Gasteiger partial charge is 0.253 e. The van der Waals surface area contributed by atoms with Crippen molar-refractivity contribution in [2.45, 2.75) is 19.8 Å². The second-order valence-corrected chi connectivity index (χ2v) is 3.95. The number of hydrogen-bond donors (Lipinski definition) is 0. The minimum Gasteiger partial charge on any atom is -0.345 e. The number of benzene rings is 1. The third-order valence-corrected chi connectivity index (χ3v) is 2.31. The number of hydrogen-bond acceptors (Lipinski definition) is 2. The molecule has 0 aromatic heterocycles. The highest BCUT2D eigenvalue weighted by atomic mass is 16.2. The largest absolute Gasteiger partial charge is 0.345 e. The molecule has 0 heterocycles. The van der Waals surface area contributed by atoms with Crippen molar-refractivity contribution in [1.82, 2.24) is 4.90 Å².